The lowest BCUT2D eigenvalue weighted by Crippen LogP contribution is -1.92. The van der Waals surface area contributed by atoms with Crippen LogP contribution in [-0.4, -0.2) is 14.6 Å². The molecule has 0 saturated heterocycles. The second-order valence-corrected chi connectivity index (χ2v) is 5.10. The van der Waals surface area contributed by atoms with E-state index >= 15 is 0 Å². The van der Waals surface area contributed by atoms with Crippen LogP contribution in [0.25, 0.3) is 0 Å². The van der Waals surface area contributed by atoms with Crippen molar-refractivity contribution in [3.63, 3.8) is 0 Å². The Morgan fingerprint density at radius 1 is 1.43 bits per heavy atom. The Balaban J connectivity index is 2.45. The topological polar surface area (TPSA) is 74.8 Å². The SMILES string of the molecule is N#Cc1nnc(/N=c2\ssnc2Cl)s1. The Morgan fingerprint density at radius 3 is 2.86 bits per heavy atom. The minimum atomic E-state index is 0.285. The van der Waals surface area contributed by atoms with Crippen molar-refractivity contribution in [3.05, 3.63) is 14.8 Å². The molecule has 0 fully saturated rings. The van der Waals surface area contributed by atoms with Crippen LogP contribution in [0.4, 0.5) is 5.13 Å². The van der Waals surface area contributed by atoms with Crippen molar-refractivity contribution >= 4 is 48.9 Å². The third kappa shape index (κ3) is 1.96. The monoisotopic (exact) mass is 261 g/mol. The van der Waals surface area contributed by atoms with Gasteiger partial charge in [-0.2, -0.15) is 9.64 Å². The Morgan fingerprint density at radius 2 is 2.29 bits per heavy atom. The molecule has 2 aromatic heterocycles. The highest BCUT2D eigenvalue weighted by atomic mass is 35.5. The number of halogens is 1. The molecule has 0 saturated carbocycles. The summed E-state index contributed by atoms with van der Waals surface area (Å²) in [4.78, 5) is 4.10. The molecule has 5 nitrogen and oxygen atoms in total. The molecule has 2 heterocycles. The summed E-state index contributed by atoms with van der Waals surface area (Å²) >= 11 is 6.85. The fraction of sp³-hybridized carbons (Fsp3) is 0. The quantitative estimate of drug-likeness (QED) is 0.734. The lowest BCUT2D eigenvalue weighted by Gasteiger charge is -1.76. The predicted octanol–water partition coefficient (Wildman–Crippen LogP) is 1.81. The molecule has 0 amide bonds. The van der Waals surface area contributed by atoms with Crippen LogP contribution in [0.15, 0.2) is 4.99 Å². The average molecular weight is 262 g/mol. The van der Waals surface area contributed by atoms with Crippen molar-refractivity contribution < 1.29 is 0 Å². The number of hydrogen-bond donors (Lipinski definition) is 0. The van der Waals surface area contributed by atoms with Gasteiger partial charge in [0, 0.05) is 10.5 Å². The van der Waals surface area contributed by atoms with Crippen LogP contribution >= 0.6 is 43.8 Å². The number of nitrogens with zero attached hydrogens (tertiary/aromatic N) is 5. The van der Waals surface area contributed by atoms with E-state index in [0.29, 0.717) is 15.0 Å². The van der Waals surface area contributed by atoms with Crippen molar-refractivity contribution in [2.24, 2.45) is 4.99 Å². The molecule has 0 spiro atoms. The third-order valence-electron chi connectivity index (χ3n) is 1.12. The van der Waals surface area contributed by atoms with E-state index in [1.54, 1.807) is 0 Å². The normalized spacial score (nSPS) is 11.6. The van der Waals surface area contributed by atoms with Crippen molar-refractivity contribution in [1.29, 1.82) is 5.26 Å². The van der Waals surface area contributed by atoms with E-state index in [0.717, 1.165) is 11.3 Å². The van der Waals surface area contributed by atoms with Crippen LogP contribution in [0.3, 0.4) is 0 Å². The third-order valence-corrected chi connectivity index (χ3v) is 4.01. The highest BCUT2D eigenvalue weighted by Crippen LogP contribution is 2.17. The number of aromatic nitrogens is 3. The first-order chi connectivity index (χ1) is 6.79. The number of rotatable bonds is 1. The fourth-order valence-corrected chi connectivity index (χ4v) is 3.17. The van der Waals surface area contributed by atoms with E-state index in [4.69, 9.17) is 16.9 Å². The minimum absolute atomic E-state index is 0.285. The van der Waals surface area contributed by atoms with Gasteiger partial charge in [0.25, 0.3) is 0 Å². The van der Waals surface area contributed by atoms with Gasteiger partial charge < -0.3 is 0 Å². The van der Waals surface area contributed by atoms with Crippen molar-refractivity contribution in [2.75, 3.05) is 0 Å². The fourth-order valence-electron chi connectivity index (χ4n) is 0.618. The molecule has 0 aliphatic carbocycles. The predicted molar refractivity (Wildman–Crippen MR) is 54.8 cm³/mol. The maximum atomic E-state index is 8.51. The Hall–Kier alpha value is -0.880. The molecule has 0 aliphatic heterocycles. The van der Waals surface area contributed by atoms with Gasteiger partial charge in [0.15, 0.2) is 9.82 Å². The molecule has 70 valence electrons. The average Bonchev–Trinajstić information content (AvgIpc) is 2.77. The molecule has 0 bridgehead atoms. The standard InChI is InChI=1S/C5ClN5S3/c6-3-4(13-14-11-3)8-5-10-9-2(1-7)12-5/b8-4-. The molecular formula is C5ClN5S3. The Bertz CT molecular complexity index is 546. The maximum Gasteiger partial charge on any atom is 0.234 e. The summed E-state index contributed by atoms with van der Waals surface area (Å²) in [7, 11) is 2.60. The van der Waals surface area contributed by atoms with Crippen LogP contribution in [0, 0.1) is 11.3 Å². The van der Waals surface area contributed by atoms with Gasteiger partial charge in [0.2, 0.25) is 10.1 Å². The smallest absolute Gasteiger partial charge is 0.203 e. The zero-order valence-electron chi connectivity index (χ0n) is 6.34. The molecular weight excluding hydrogens is 262 g/mol. The summed E-state index contributed by atoms with van der Waals surface area (Å²) < 4.78 is 4.46. The van der Waals surface area contributed by atoms with Crippen LogP contribution in [0.1, 0.15) is 5.01 Å². The molecule has 0 radical (unpaired) electrons. The molecule has 0 N–H and O–H groups in total. The first kappa shape index (κ1) is 9.67. The zero-order valence-corrected chi connectivity index (χ0v) is 9.54. The highest BCUT2D eigenvalue weighted by Gasteiger charge is 2.02. The van der Waals surface area contributed by atoms with Gasteiger partial charge in [0.05, 0.1) is 0 Å². The summed E-state index contributed by atoms with van der Waals surface area (Å²) in [6.45, 7) is 0. The minimum Gasteiger partial charge on any atom is -0.203 e. The second-order valence-electron chi connectivity index (χ2n) is 1.96. The molecule has 0 aliphatic rings. The first-order valence-corrected chi connectivity index (χ1v) is 6.49. The summed E-state index contributed by atoms with van der Waals surface area (Å²) in [5.41, 5.74) is 0. The van der Waals surface area contributed by atoms with E-state index in [1.807, 2.05) is 6.07 Å². The van der Waals surface area contributed by atoms with E-state index in [-0.39, 0.29) is 5.01 Å². The lowest BCUT2D eigenvalue weighted by molar-refractivity contribution is 1.06. The maximum absolute atomic E-state index is 8.51. The molecule has 9 heteroatoms. The summed E-state index contributed by atoms with van der Waals surface area (Å²) in [5, 5.41) is 16.9. The van der Waals surface area contributed by atoms with Gasteiger partial charge in [0.1, 0.15) is 6.07 Å². The van der Waals surface area contributed by atoms with Crippen LogP contribution in [-0.2, 0) is 0 Å². The van der Waals surface area contributed by atoms with Gasteiger partial charge in [-0.25, -0.2) is 4.99 Å². The molecule has 0 unspecified atom stereocenters. The molecule has 2 aromatic rings. The number of hydrogen-bond acceptors (Lipinski definition) is 8. The summed E-state index contributed by atoms with van der Waals surface area (Å²) in [6.07, 6.45) is 0. The van der Waals surface area contributed by atoms with Gasteiger partial charge in [-0.05, 0) is 10.3 Å². The van der Waals surface area contributed by atoms with Gasteiger partial charge in [-0.1, -0.05) is 22.9 Å². The second kappa shape index (κ2) is 4.10. The van der Waals surface area contributed by atoms with Gasteiger partial charge in [-0.15, -0.1) is 10.2 Å². The van der Waals surface area contributed by atoms with E-state index in [2.05, 4.69) is 19.6 Å². The Kier molecular flexibility index (Phi) is 2.83. The van der Waals surface area contributed by atoms with Gasteiger partial charge >= 0.3 is 0 Å². The Labute approximate surface area is 94.5 Å². The lowest BCUT2D eigenvalue weighted by atomic mass is 10.8. The molecule has 0 aromatic carbocycles. The van der Waals surface area contributed by atoms with Crippen molar-refractivity contribution in [3.8, 4) is 6.07 Å². The van der Waals surface area contributed by atoms with Crippen molar-refractivity contribution in [1.82, 2.24) is 14.6 Å². The first-order valence-electron chi connectivity index (χ1n) is 3.19. The van der Waals surface area contributed by atoms with Crippen LogP contribution in [0.5, 0.6) is 0 Å². The van der Waals surface area contributed by atoms with Crippen LogP contribution < -0.4 is 4.67 Å². The number of nitriles is 1. The summed E-state index contributed by atoms with van der Waals surface area (Å²) in [6, 6.07) is 1.88. The van der Waals surface area contributed by atoms with Crippen molar-refractivity contribution in [2.45, 2.75) is 0 Å². The van der Waals surface area contributed by atoms with Crippen LogP contribution in [0.2, 0.25) is 5.15 Å². The zero-order chi connectivity index (χ0) is 9.97. The molecule has 0 atom stereocenters. The van der Waals surface area contributed by atoms with E-state index < -0.39 is 0 Å². The van der Waals surface area contributed by atoms with E-state index in [1.165, 1.54) is 20.9 Å². The largest absolute Gasteiger partial charge is 0.234 e. The molecule has 2 rings (SSSR count). The highest BCUT2D eigenvalue weighted by molar-refractivity contribution is 7.66. The summed E-state index contributed by atoms with van der Waals surface area (Å²) in [5.74, 6) is 0. The van der Waals surface area contributed by atoms with Gasteiger partial charge in [-0.3, -0.25) is 0 Å². The van der Waals surface area contributed by atoms with E-state index in [9.17, 15) is 0 Å². The molecule has 14 heavy (non-hydrogen) atoms.